The van der Waals surface area contributed by atoms with Crippen LogP contribution in [0.4, 0.5) is 0 Å². The molecular weight excluding hydrogens is 885 g/mol. The zero-order valence-electron chi connectivity index (χ0n) is 38.0. The maximum absolute atomic E-state index is 10.6. The molecular formula is C64H38N6S. The molecule has 0 aliphatic carbocycles. The fourth-order valence-corrected chi connectivity index (χ4v) is 11.8. The van der Waals surface area contributed by atoms with E-state index in [-0.39, 0.29) is 0 Å². The third-order valence-corrected chi connectivity index (χ3v) is 15.0. The van der Waals surface area contributed by atoms with Crippen molar-refractivity contribution in [2.75, 3.05) is 0 Å². The van der Waals surface area contributed by atoms with Gasteiger partial charge in [0.15, 0.2) is 17.5 Å². The molecule has 14 aromatic rings. The van der Waals surface area contributed by atoms with E-state index >= 15 is 0 Å². The number of para-hydroxylation sites is 2. The molecule has 0 unspecified atom stereocenters. The molecule has 0 spiro atoms. The molecule has 0 amide bonds. The van der Waals surface area contributed by atoms with Crippen LogP contribution in [0, 0.1) is 11.3 Å². The van der Waals surface area contributed by atoms with Crippen LogP contribution in [0.15, 0.2) is 231 Å². The quantitative estimate of drug-likeness (QED) is 0.160. The Labute approximate surface area is 412 Å². The minimum absolute atomic E-state index is 0.466. The Kier molecular flexibility index (Phi) is 9.34. The van der Waals surface area contributed by atoms with E-state index in [9.17, 15) is 5.26 Å². The van der Waals surface area contributed by atoms with E-state index in [1.54, 1.807) is 0 Å². The van der Waals surface area contributed by atoms with Crippen molar-refractivity contribution in [3.8, 4) is 73.9 Å². The van der Waals surface area contributed by atoms with E-state index in [1.165, 1.54) is 20.2 Å². The van der Waals surface area contributed by atoms with Crippen molar-refractivity contribution in [3.05, 3.63) is 236 Å². The van der Waals surface area contributed by atoms with Crippen molar-refractivity contribution >= 4 is 75.1 Å². The molecule has 10 aromatic carbocycles. The highest BCUT2D eigenvalue weighted by Gasteiger charge is 2.25. The highest BCUT2D eigenvalue weighted by molar-refractivity contribution is 7.26. The molecule has 7 heteroatoms. The molecule has 6 nitrogen and oxygen atoms in total. The normalized spacial score (nSPS) is 11.6. The number of rotatable bonds is 7. The highest BCUT2D eigenvalue weighted by atomic mass is 32.1. The SMILES string of the molecule is N#Cc1ccc(-n2c3ccccc3c3ccc4c(c5ccccc5n4-c4cccc5c4sc4ccccc45)c32)c(-c2nc(-c3ccc(-c4ccccc4)cc3)nc(-c3ccc(-c4ccccc4)cc3)n2)c1. The second-order valence-corrected chi connectivity index (χ2v) is 18.9. The maximum atomic E-state index is 10.6. The first-order valence-corrected chi connectivity index (χ1v) is 24.5. The van der Waals surface area contributed by atoms with Crippen LogP contribution in [0.1, 0.15) is 5.56 Å². The van der Waals surface area contributed by atoms with Crippen molar-refractivity contribution in [3.63, 3.8) is 0 Å². The largest absolute Gasteiger partial charge is 0.308 e. The first kappa shape index (κ1) is 40.6. The lowest BCUT2D eigenvalue weighted by Gasteiger charge is -2.16. The average Bonchev–Trinajstić information content (AvgIpc) is 4.11. The lowest BCUT2D eigenvalue weighted by Crippen LogP contribution is -2.04. The molecule has 4 aromatic heterocycles. The lowest BCUT2D eigenvalue weighted by atomic mass is 10.0. The second-order valence-electron chi connectivity index (χ2n) is 17.8. The van der Waals surface area contributed by atoms with Gasteiger partial charge in [0.05, 0.1) is 49.8 Å². The Balaban J connectivity index is 1.03. The monoisotopic (exact) mass is 922 g/mol. The van der Waals surface area contributed by atoms with E-state index in [2.05, 4.69) is 221 Å². The van der Waals surface area contributed by atoms with Crippen LogP contribution in [-0.2, 0) is 0 Å². The third-order valence-electron chi connectivity index (χ3n) is 13.8. The number of benzene rings is 10. The summed E-state index contributed by atoms with van der Waals surface area (Å²) in [4.78, 5) is 15.8. The first-order valence-electron chi connectivity index (χ1n) is 23.7. The van der Waals surface area contributed by atoms with Crippen molar-refractivity contribution < 1.29 is 0 Å². The smallest absolute Gasteiger partial charge is 0.166 e. The fraction of sp³-hybridized carbons (Fsp3) is 0. The van der Waals surface area contributed by atoms with Gasteiger partial charge in [0.2, 0.25) is 0 Å². The van der Waals surface area contributed by atoms with Gasteiger partial charge in [-0.3, -0.25) is 0 Å². The summed E-state index contributed by atoms with van der Waals surface area (Å²) in [5.74, 6) is 1.54. The number of hydrogen-bond acceptors (Lipinski definition) is 5. The molecule has 0 fully saturated rings. The van der Waals surface area contributed by atoms with Crippen LogP contribution in [0.25, 0.3) is 132 Å². The maximum Gasteiger partial charge on any atom is 0.166 e. The molecule has 0 N–H and O–H groups in total. The summed E-state index contributed by atoms with van der Waals surface area (Å²) < 4.78 is 7.33. The minimum atomic E-state index is 0.466. The molecule has 0 atom stereocenters. The van der Waals surface area contributed by atoms with E-state index in [1.807, 2.05) is 35.6 Å². The molecule has 0 aliphatic heterocycles. The van der Waals surface area contributed by atoms with Gasteiger partial charge < -0.3 is 9.13 Å². The lowest BCUT2D eigenvalue weighted by molar-refractivity contribution is 1.06. The summed E-state index contributed by atoms with van der Waals surface area (Å²) in [6.45, 7) is 0. The molecule has 71 heavy (non-hydrogen) atoms. The van der Waals surface area contributed by atoms with Crippen LogP contribution < -0.4 is 0 Å². The number of hydrogen-bond donors (Lipinski definition) is 0. The molecule has 0 bridgehead atoms. The Morgan fingerprint density at radius 1 is 0.366 bits per heavy atom. The topological polar surface area (TPSA) is 72.3 Å². The van der Waals surface area contributed by atoms with Crippen LogP contribution >= 0.6 is 11.3 Å². The molecule has 0 radical (unpaired) electrons. The first-order chi connectivity index (χ1) is 35.2. The van der Waals surface area contributed by atoms with Gasteiger partial charge in [0, 0.05) is 53.7 Å². The third kappa shape index (κ3) is 6.58. The van der Waals surface area contributed by atoms with Gasteiger partial charge in [0.1, 0.15) is 0 Å². The Bertz CT molecular complexity index is 4350. The van der Waals surface area contributed by atoms with E-state index < -0.39 is 0 Å². The molecule has 4 heterocycles. The van der Waals surface area contributed by atoms with E-state index in [4.69, 9.17) is 15.0 Å². The van der Waals surface area contributed by atoms with Crippen molar-refractivity contribution in [2.45, 2.75) is 0 Å². The van der Waals surface area contributed by atoms with Crippen LogP contribution in [0.2, 0.25) is 0 Å². The predicted molar refractivity (Wildman–Crippen MR) is 293 cm³/mol. The number of thiophene rings is 1. The number of nitriles is 1. The van der Waals surface area contributed by atoms with Crippen molar-refractivity contribution in [2.24, 2.45) is 0 Å². The summed E-state index contributed by atoms with van der Waals surface area (Å²) in [6, 6.07) is 83.1. The van der Waals surface area contributed by atoms with E-state index in [0.717, 1.165) is 88.4 Å². The van der Waals surface area contributed by atoms with Gasteiger partial charge in [-0.1, -0.05) is 182 Å². The zero-order valence-corrected chi connectivity index (χ0v) is 38.8. The van der Waals surface area contributed by atoms with Crippen LogP contribution in [0.3, 0.4) is 0 Å². The Morgan fingerprint density at radius 3 is 1.56 bits per heavy atom. The highest BCUT2D eigenvalue weighted by Crippen LogP contribution is 2.46. The predicted octanol–water partition coefficient (Wildman–Crippen LogP) is 16.6. The van der Waals surface area contributed by atoms with Gasteiger partial charge in [-0.2, -0.15) is 5.26 Å². The van der Waals surface area contributed by atoms with Crippen molar-refractivity contribution in [1.29, 1.82) is 5.26 Å². The summed E-state index contributed by atoms with van der Waals surface area (Å²) in [7, 11) is 0. The van der Waals surface area contributed by atoms with E-state index in [0.29, 0.717) is 28.6 Å². The van der Waals surface area contributed by atoms with Gasteiger partial charge in [0.25, 0.3) is 0 Å². The molecule has 0 aliphatic rings. The van der Waals surface area contributed by atoms with Crippen molar-refractivity contribution in [1.82, 2.24) is 24.1 Å². The molecule has 330 valence electrons. The summed E-state index contributed by atoms with van der Waals surface area (Å²) >= 11 is 1.84. The number of aromatic nitrogens is 5. The Hall–Kier alpha value is -9.48. The molecule has 14 rings (SSSR count). The van der Waals surface area contributed by atoms with Crippen LogP contribution in [-0.4, -0.2) is 24.1 Å². The number of nitrogens with zero attached hydrogens (tertiary/aromatic N) is 6. The molecule has 0 saturated carbocycles. The molecule has 0 saturated heterocycles. The van der Waals surface area contributed by atoms with Crippen LogP contribution in [0.5, 0.6) is 0 Å². The zero-order chi connectivity index (χ0) is 47.0. The summed E-state index contributed by atoms with van der Waals surface area (Å²) in [5.41, 5.74) is 13.7. The summed E-state index contributed by atoms with van der Waals surface area (Å²) in [5, 5.41) is 17.6. The second kappa shape index (κ2) is 16.3. The van der Waals surface area contributed by atoms with Gasteiger partial charge in [-0.05, 0) is 70.8 Å². The minimum Gasteiger partial charge on any atom is -0.308 e. The fourth-order valence-electron chi connectivity index (χ4n) is 10.5. The van der Waals surface area contributed by atoms with Gasteiger partial charge >= 0.3 is 0 Å². The van der Waals surface area contributed by atoms with Gasteiger partial charge in [-0.25, -0.2) is 15.0 Å². The van der Waals surface area contributed by atoms with Gasteiger partial charge in [-0.15, -0.1) is 11.3 Å². The standard InChI is InChI=1S/C64H38N6S/c65-39-40-26-36-55(52(38-40)64-67-62(45-31-27-43(28-32-45)41-14-3-1-4-15-41)66-63(68-64)46-33-29-44(30-34-46)42-16-5-2-6-17-42)70-53-22-10-7-18-47(53)49-35-37-56-59(60(49)70)51-20-8-11-23-54(51)69(56)57-24-13-21-50-48-19-9-12-25-58(48)71-61(50)57/h1-38H. The average molecular weight is 923 g/mol. The summed E-state index contributed by atoms with van der Waals surface area (Å²) in [6.07, 6.45) is 0. The Morgan fingerprint density at radius 2 is 0.901 bits per heavy atom. The number of fused-ring (bicyclic) bond motifs is 10.